The molecule has 0 unspecified atom stereocenters. The van der Waals surface area contributed by atoms with Gasteiger partial charge in [-0.25, -0.2) is 4.79 Å². The van der Waals surface area contributed by atoms with Crippen molar-refractivity contribution in [1.29, 1.82) is 0 Å². The van der Waals surface area contributed by atoms with Crippen molar-refractivity contribution in [3.63, 3.8) is 0 Å². The van der Waals surface area contributed by atoms with E-state index in [0.717, 1.165) is 25.7 Å². The molecule has 80 valence electrons. The molecule has 0 atom stereocenters. The monoisotopic (exact) mass is 198 g/mol. The standard InChI is InChI=1S/C10H18N2O2/c1-2-9(13)7-3-5-8(6-4-7)12-10(11)14/h7-8H,2-6H2,1H3,(H3,11,12,14). The van der Waals surface area contributed by atoms with E-state index >= 15 is 0 Å². The van der Waals surface area contributed by atoms with Gasteiger partial charge in [-0.05, 0) is 25.7 Å². The maximum Gasteiger partial charge on any atom is 0.312 e. The first kappa shape index (κ1) is 11.0. The number of nitrogens with one attached hydrogen (secondary N) is 1. The molecule has 14 heavy (non-hydrogen) atoms. The average molecular weight is 198 g/mol. The van der Waals surface area contributed by atoms with E-state index in [1.807, 2.05) is 6.92 Å². The third kappa shape index (κ3) is 3.01. The summed E-state index contributed by atoms with van der Waals surface area (Å²) < 4.78 is 0. The zero-order valence-corrected chi connectivity index (χ0v) is 8.58. The predicted octanol–water partition coefficient (Wildman–Crippen LogP) is 1.19. The van der Waals surface area contributed by atoms with E-state index in [1.54, 1.807) is 0 Å². The van der Waals surface area contributed by atoms with Crippen LogP contribution in [-0.2, 0) is 4.79 Å². The van der Waals surface area contributed by atoms with Crippen molar-refractivity contribution in [3.05, 3.63) is 0 Å². The molecule has 0 aromatic rings. The molecule has 1 aliphatic rings. The molecule has 2 amide bonds. The number of hydrogen-bond acceptors (Lipinski definition) is 2. The second-order valence-electron chi connectivity index (χ2n) is 3.88. The molecule has 0 aromatic carbocycles. The Bertz CT molecular complexity index is 220. The van der Waals surface area contributed by atoms with E-state index in [-0.39, 0.29) is 12.0 Å². The molecule has 1 saturated carbocycles. The number of rotatable bonds is 3. The lowest BCUT2D eigenvalue weighted by molar-refractivity contribution is -0.123. The molecule has 1 rings (SSSR count). The Hall–Kier alpha value is -1.06. The van der Waals surface area contributed by atoms with Gasteiger partial charge >= 0.3 is 6.03 Å². The third-order valence-corrected chi connectivity index (χ3v) is 2.88. The molecule has 4 heteroatoms. The van der Waals surface area contributed by atoms with Crippen LogP contribution in [0.3, 0.4) is 0 Å². The van der Waals surface area contributed by atoms with Gasteiger partial charge in [0, 0.05) is 18.4 Å². The molecule has 0 aliphatic heterocycles. The van der Waals surface area contributed by atoms with E-state index < -0.39 is 6.03 Å². The minimum atomic E-state index is -0.463. The Morgan fingerprint density at radius 2 is 1.86 bits per heavy atom. The summed E-state index contributed by atoms with van der Waals surface area (Å²) in [5, 5.41) is 2.69. The van der Waals surface area contributed by atoms with E-state index in [4.69, 9.17) is 5.73 Å². The van der Waals surface area contributed by atoms with Crippen LogP contribution in [0, 0.1) is 5.92 Å². The van der Waals surface area contributed by atoms with Gasteiger partial charge in [0.1, 0.15) is 5.78 Å². The second kappa shape index (κ2) is 4.98. The Labute approximate surface area is 84.2 Å². The molecule has 0 saturated heterocycles. The Morgan fingerprint density at radius 1 is 1.29 bits per heavy atom. The highest BCUT2D eigenvalue weighted by Gasteiger charge is 2.25. The van der Waals surface area contributed by atoms with Crippen molar-refractivity contribution >= 4 is 11.8 Å². The molecule has 1 fully saturated rings. The number of hydrogen-bond donors (Lipinski definition) is 2. The highest BCUT2D eigenvalue weighted by molar-refractivity contribution is 5.80. The zero-order chi connectivity index (χ0) is 10.6. The van der Waals surface area contributed by atoms with E-state index in [1.165, 1.54) is 0 Å². The van der Waals surface area contributed by atoms with Crippen LogP contribution in [0.5, 0.6) is 0 Å². The average Bonchev–Trinajstić information content (AvgIpc) is 2.17. The fourth-order valence-corrected chi connectivity index (χ4v) is 2.05. The molecule has 4 nitrogen and oxygen atoms in total. The van der Waals surface area contributed by atoms with Crippen LogP contribution in [-0.4, -0.2) is 17.9 Å². The van der Waals surface area contributed by atoms with Gasteiger partial charge in [0.15, 0.2) is 0 Å². The number of nitrogens with two attached hydrogens (primary N) is 1. The molecular weight excluding hydrogens is 180 g/mol. The zero-order valence-electron chi connectivity index (χ0n) is 8.58. The number of ketones is 1. The van der Waals surface area contributed by atoms with Gasteiger partial charge in [-0.1, -0.05) is 6.92 Å². The summed E-state index contributed by atoms with van der Waals surface area (Å²) in [5.41, 5.74) is 5.03. The highest BCUT2D eigenvalue weighted by Crippen LogP contribution is 2.25. The minimum absolute atomic E-state index is 0.174. The second-order valence-corrected chi connectivity index (χ2v) is 3.88. The fraction of sp³-hybridized carbons (Fsp3) is 0.800. The topological polar surface area (TPSA) is 72.2 Å². The summed E-state index contributed by atoms with van der Waals surface area (Å²) in [7, 11) is 0. The normalized spacial score (nSPS) is 26.9. The Kier molecular flexibility index (Phi) is 3.92. The van der Waals surface area contributed by atoms with Gasteiger partial charge in [-0.15, -0.1) is 0 Å². The molecule has 0 aromatic heterocycles. The Morgan fingerprint density at radius 3 is 2.29 bits per heavy atom. The van der Waals surface area contributed by atoms with Crippen molar-refractivity contribution < 1.29 is 9.59 Å². The molecular formula is C10H18N2O2. The van der Waals surface area contributed by atoms with Crippen LogP contribution in [0.2, 0.25) is 0 Å². The summed E-state index contributed by atoms with van der Waals surface area (Å²) in [6.45, 7) is 1.90. The predicted molar refractivity (Wildman–Crippen MR) is 53.8 cm³/mol. The summed E-state index contributed by atoms with van der Waals surface area (Å²) in [4.78, 5) is 22.0. The molecule has 3 N–H and O–H groups in total. The smallest absolute Gasteiger partial charge is 0.312 e. The van der Waals surface area contributed by atoms with E-state index in [9.17, 15) is 9.59 Å². The van der Waals surface area contributed by atoms with Gasteiger partial charge in [-0.2, -0.15) is 0 Å². The van der Waals surface area contributed by atoms with Crippen LogP contribution in [0.25, 0.3) is 0 Å². The van der Waals surface area contributed by atoms with Crippen molar-refractivity contribution in [3.8, 4) is 0 Å². The highest BCUT2D eigenvalue weighted by atomic mass is 16.2. The van der Waals surface area contributed by atoms with E-state index in [2.05, 4.69) is 5.32 Å². The maximum atomic E-state index is 11.4. The SMILES string of the molecule is CCC(=O)C1CCC(NC(N)=O)CC1. The van der Waals surface area contributed by atoms with Crippen LogP contribution < -0.4 is 11.1 Å². The lowest BCUT2D eigenvalue weighted by atomic mass is 9.83. The number of urea groups is 1. The quantitative estimate of drug-likeness (QED) is 0.715. The van der Waals surface area contributed by atoms with Crippen LogP contribution >= 0.6 is 0 Å². The maximum absolute atomic E-state index is 11.4. The van der Waals surface area contributed by atoms with Gasteiger partial charge in [-0.3, -0.25) is 4.79 Å². The molecule has 0 radical (unpaired) electrons. The number of amides is 2. The molecule has 0 bridgehead atoms. The minimum Gasteiger partial charge on any atom is -0.352 e. The summed E-state index contributed by atoms with van der Waals surface area (Å²) in [5.74, 6) is 0.563. The first-order valence-corrected chi connectivity index (χ1v) is 5.22. The third-order valence-electron chi connectivity index (χ3n) is 2.88. The van der Waals surface area contributed by atoms with Gasteiger partial charge in [0.25, 0.3) is 0 Å². The number of carbonyl (C=O) groups excluding carboxylic acids is 2. The Balaban J connectivity index is 2.31. The summed E-state index contributed by atoms with van der Waals surface area (Å²) in [6, 6.07) is -0.288. The molecule has 0 spiro atoms. The van der Waals surface area contributed by atoms with Gasteiger partial charge in [0.05, 0.1) is 0 Å². The van der Waals surface area contributed by atoms with Gasteiger partial charge < -0.3 is 11.1 Å². The van der Waals surface area contributed by atoms with Crippen LogP contribution in [0.15, 0.2) is 0 Å². The van der Waals surface area contributed by atoms with Crippen molar-refractivity contribution in [2.45, 2.75) is 45.1 Å². The van der Waals surface area contributed by atoms with Crippen molar-refractivity contribution in [2.24, 2.45) is 11.7 Å². The lowest BCUT2D eigenvalue weighted by Gasteiger charge is -2.27. The first-order valence-electron chi connectivity index (χ1n) is 5.22. The fourth-order valence-electron chi connectivity index (χ4n) is 2.05. The molecule has 0 heterocycles. The first-order chi connectivity index (χ1) is 6.63. The lowest BCUT2D eigenvalue weighted by Crippen LogP contribution is -2.41. The summed E-state index contributed by atoms with van der Waals surface area (Å²) in [6.07, 6.45) is 4.15. The van der Waals surface area contributed by atoms with E-state index in [0.29, 0.717) is 12.2 Å². The molecule has 1 aliphatic carbocycles. The number of primary amides is 1. The van der Waals surface area contributed by atoms with Crippen LogP contribution in [0.4, 0.5) is 4.79 Å². The van der Waals surface area contributed by atoms with Crippen molar-refractivity contribution in [2.75, 3.05) is 0 Å². The number of carbonyl (C=O) groups is 2. The van der Waals surface area contributed by atoms with Gasteiger partial charge in [0.2, 0.25) is 0 Å². The summed E-state index contributed by atoms with van der Waals surface area (Å²) >= 11 is 0. The van der Waals surface area contributed by atoms with Crippen molar-refractivity contribution in [1.82, 2.24) is 5.32 Å². The largest absolute Gasteiger partial charge is 0.352 e. The van der Waals surface area contributed by atoms with Crippen LogP contribution in [0.1, 0.15) is 39.0 Å². The number of Topliss-reactive ketones (excluding diaryl/α,β-unsaturated/α-hetero) is 1.